The standard InChI is InChI=1S/C27H42/c1-3-4-5-6-7-8-9-10-11-12-13-14-18-24(2)23-26-21-17-20-25-19-15-16-22-27(25)26/h15-17,19-22,24H,3-14,18,23H2,1-2H3. The van der Waals surface area contributed by atoms with Crippen LogP contribution in [0, 0.1) is 5.92 Å². The molecule has 1 atom stereocenters. The summed E-state index contributed by atoms with van der Waals surface area (Å²) in [7, 11) is 0. The normalized spacial score (nSPS) is 12.5. The van der Waals surface area contributed by atoms with E-state index in [1.54, 1.807) is 0 Å². The van der Waals surface area contributed by atoms with Crippen LogP contribution in [0.1, 0.15) is 103 Å². The molecule has 0 aliphatic rings. The molecule has 0 radical (unpaired) electrons. The lowest BCUT2D eigenvalue weighted by atomic mass is 9.92. The van der Waals surface area contributed by atoms with Gasteiger partial charge in [-0.05, 0) is 28.7 Å². The van der Waals surface area contributed by atoms with Gasteiger partial charge in [0.05, 0.1) is 0 Å². The van der Waals surface area contributed by atoms with Gasteiger partial charge >= 0.3 is 0 Å². The summed E-state index contributed by atoms with van der Waals surface area (Å²) in [5.41, 5.74) is 1.53. The maximum absolute atomic E-state index is 2.43. The molecule has 0 fully saturated rings. The largest absolute Gasteiger partial charge is 0.0654 e. The van der Waals surface area contributed by atoms with Crippen molar-refractivity contribution in [3.8, 4) is 0 Å². The molecule has 27 heavy (non-hydrogen) atoms. The predicted molar refractivity (Wildman–Crippen MR) is 123 cm³/mol. The Bertz CT molecular complexity index is 607. The summed E-state index contributed by atoms with van der Waals surface area (Å²) in [5.74, 6) is 0.791. The Labute approximate surface area is 168 Å². The molecule has 0 heterocycles. The monoisotopic (exact) mass is 366 g/mol. The highest BCUT2D eigenvalue weighted by Gasteiger charge is 2.06. The van der Waals surface area contributed by atoms with Crippen LogP contribution in [-0.2, 0) is 6.42 Å². The van der Waals surface area contributed by atoms with Crippen molar-refractivity contribution in [2.75, 3.05) is 0 Å². The van der Waals surface area contributed by atoms with Crippen molar-refractivity contribution >= 4 is 10.8 Å². The Morgan fingerprint density at radius 3 is 1.85 bits per heavy atom. The van der Waals surface area contributed by atoms with Gasteiger partial charge in [0.1, 0.15) is 0 Å². The minimum Gasteiger partial charge on any atom is -0.0654 e. The first kappa shape index (κ1) is 22.0. The van der Waals surface area contributed by atoms with Crippen molar-refractivity contribution in [2.24, 2.45) is 5.92 Å². The van der Waals surface area contributed by atoms with E-state index < -0.39 is 0 Å². The van der Waals surface area contributed by atoms with Crippen LogP contribution in [0.15, 0.2) is 42.5 Å². The number of fused-ring (bicyclic) bond motifs is 1. The predicted octanol–water partition coefficient (Wildman–Crippen LogP) is 9.11. The van der Waals surface area contributed by atoms with Crippen molar-refractivity contribution in [3.05, 3.63) is 48.0 Å². The van der Waals surface area contributed by atoms with E-state index in [4.69, 9.17) is 0 Å². The highest BCUT2D eigenvalue weighted by molar-refractivity contribution is 5.85. The molecule has 2 rings (SSSR count). The molecule has 0 heteroatoms. The maximum Gasteiger partial charge on any atom is -0.0152 e. The molecule has 2 aromatic carbocycles. The van der Waals surface area contributed by atoms with E-state index in [0.29, 0.717) is 0 Å². The van der Waals surface area contributed by atoms with Gasteiger partial charge in [0, 0.05) is 0 Å². The molecule has 0 bridgehead atoms. The van der Waals surface area contributed by atoms with Crippen molar-refractivity contribution in [1.29, 1.82) is 0 Å². The van der Waals surface area contributed by atoms with Gasteiger partial charge in [-0.15, -0.1) is 0 Å². The Morgan fingerprint density at radius 1 is 0.630 bits per heavy atom. The van der Waals surface area contributed by atoms with Crippen LogP contribution in [0.2, 0.25) is 0 Å². The van der Waals surface area contributed by atoms with Crippen molar-refractivity contribution < 1.29 is 0 Å². The van der Waals surface area contributed by atoms with E-state index in [-0.39, 0.29) is 0 Å². The summed E-state index contributed by atoms with van der Waals surface area (Å²) in [6, 6.07) is 15.6. The van der Waals surface area contributed by atoms with E-state index in [9.17, 15) is 0 Å². The first-order valence-electron chi connectivity index (χ1n) is 11.8. The number of hydrogen-bond acceptors (Lipinski definition) is 0. The van der Waals surface area contributed by atoms with Crippen molar-refractivity contribution in [1.82, 2.24) is 0 Å². The number of hydrogen-bond donors (Lipinski definition) is 0. The van der Waals surface area contributed by atoms with E-state index in [2.05, 4.69) is 56.3 Å². The molecular formula is C27H42. The molecule has 2 aromatic rings. The van der Waals surface area contributed by atoms with Crippen LogP contribution in [0.5, 0.6) is 0 Å². The lowest BCUT2D eigenvalue weighted by molar-refractivity contribution is 0.478. The SMILES string of the molecule is CCCCCCCCCCCCCCC(C)Cc1cccc2ccccc12. The van der Waals surface area contributed by atoms with Gasteiger partial charge in [0.25, 0.3) is 0 Å². The number of benzene rings is 2. The highest BCUT2D eigenvalue weighted by Crippen LogP contribution is 2.23. The van der Waals surface area contributed by atoms with Crippen molar-refractivity contribution in [2.45, 2.75) is 104 Å². The van der Waals surface area contributed by atoms with Gasteiger partial charge < -0.3 is 0 Å². The highest BCUT2D eigenvalue weighted by atomic mass is 14.1. The summed E-state index contributed by atoms with van der Waals surface area (Å²) in [6.45, 7) is 4.73. The van der Waals surface area contributed by atoms with Gasteiger partial charge in [-0.25, -0.2) is 0 Å². The fourth-order valence-electron chi connectivity index (χ4n) is 4.28. The fraction of sp³-hybridized carbons (Fsp3) is 0.630. The average Bonchev–Trinajstić information content (AvgIpc) is 2.69. The Morgan fingerprint density at radius 2 is 1.19 bits per heavy atom. The molecule has 0 amide bonds. The molecule has 0 saturated heterocycles. The maximum atomic E-state index is 2.43. The zero-order chi connectivity index (χ0) is 19.2. The summed E-state index contributed by atoms with van der Waals surface area (Å²) in [4.78, 5) is 0. The summed E-state index contributed by atoms with van der Waals surface area (Å²) >= 11 is 0. The van der Waals surface area contributed by atoms with E-state index in [1.165, 1.54) is 106 Å². The number of unbranched alkanes of at least 4 members (excludes halogenated alkanes) is 11. The van der Waals surface area contributed by atoms with Gasteiger partial charge in [-0.1, -0.05) is 140 Å². The van der Waals surface area contributed by atoms with E-state index >= 15 is 0 Å². The molecule has 0 N–H and O–H groups in total. The third kappa shape index (κ3) is 8.96. The Kier molecular flexibility index (Phi) is 11.2. The summed E-state index contributed by atoms with van der Waals surface area (Å²) < 4.78 is 0. The molecule has 0 aliphatic carbocycles. The Balaban J connectivity index is 1.50. The molecular weight excluding hydrogens is 324 g/mol. The van der Waals surface area contributed by atoms with Gasteiger partial charge in [0.2, 0.25) is 0 Å². The van der Waals surface area contributed by atoms with Crippen LogP contribution in [0.4, 0.5) is 0 Å². The second kappa shape index (κ2) is 13.8. The molecule has 0 nitrogen and oxygen atoms in total. The smallest absolute Gasteiger partial charge is 0.0152 e. The van der Waals surface area contributed by atoms with Gasteiger partial charge in [0.15, 0.2) is 0 Å². The van der Waals surface area contributed by atoms with Crippen LogP contribution in [0.3, 0.4) is 0 Å². The van der Waals surface area contributed by atoms with Crippen LogP contribution in [-0.4, -0.2) is 0 Å². The minimum absolute atomic E-state index is 0.791. The summed E-state index contributed by atoms with van der Waals surface area (Å²) in [5, 5.41) is 2.83. The van der Waals surface area contributed by atoms with Crippen LogP contribution in [0.25, 0.3) is 10.8 Å². The number of rotatable bonds is 15. The second-order valence-electron chi connectivity index (χ2n) is 8.63. The summed E-state index contributed by atoms with van der Waals surface area (Å²) in [6.07, 6.45) is 19.9. The minimum atomic E-state index is 0.791. The fourth-order valence-corrected chi connectivity index (χ4v) is 4.28. The van der Waals surface area contributed by atoms with Gasteiger partial charge in [-0.2, -0.15) is 0 Å². The first-order chi connectivity index (χ1) is 13.3. The van der Waals surface area contributed by atoms with Crippen molar-refractivity contribution in [3.63, 3.8) is 0 Å². The van der Waals surface area contributed by atoms with Gasteiger partial charge in [-0.3, -0.25) is 0 Å². The molecule has 0 spiro atoms. The third-order valence-electron chi connectivity index (χ3n) is 6.00. The third-order valence-corrected chi connectivity index (χ3v) is 6.00. The molecule has 150 valence electrons. The topological polar surface area (TPSA) is 0 Å². The van der Waals surface area contributed by atoms with E-state index in [1.807, 2.05) is 0 Å². The Hall–Kier alpha value is -1.30. The zero-order valence-electron chi connectivity index (χ0n) is 18.0. The molecule has 0 aliphatic heterocycles. The molecule has 0 aromatic heterocycles. The second-order valence-corrected chi connectivity index (χ2v) is 8.63. The van der Waals surface area contributed by atoms with Crippen LogP contribution < -0.4 is 0 Å². The first-order valence-corrected chi connectivity index (χ1v) is 11.8. The van der Waals surface area contributed by atoms with Crippen LogP contribution >= 0.6 is 0 Å². The molecule has 0 saturated carbocycles. The zero-order valence-corrected chi connectivity index (χ0v) is 18.0. The average molecular weight is 367 g/mol. The van der Waals surface area contributed by atoms with E-state index in [0.717, 1.165) is 5.92 Å². The molecule has 1 unspecified atom stereocenters. The lowest BCUT2D eigenvalue weighted by Crippen LogP contribution is -2.00. The lowest BCUT2D eigenvalue weighted by Gasteiger charge is -2.13. The quantitative estimate of drug-likeness (QED) is 0.276.